The van der Waals surface area contributed by atoms with Crippen molar-refractivity contribution >= 4 is 66.3 Å². The standard InChI is InChI=1S/C19H16N4O2S2/c1-10-20-14-7-12(3-5-16(14)26-10)22-18(24)9-19(25)23-13-4-6-17-15(8-13)21-11(2)27-17/h3-8H,9H2,1-2H3,(H,22,24)(H,23,25). The largest absolute Gasteiger partial charge is 0.326 e. The van der Waals surface area contributed by atoms with Gasteiger partial charge in [-0.25, -0.2) is 9.97 Å². The lowest BCUT2D eigenvalue weighted by Gasteiger charge is -2.07. The third-order valence-corrected chi connectivity index (χ3v) is 5.78. The van der Waals surface area contributed by atoms with Crippen LogP contribution in [0.4, 0.5) is 11.4 Å². The van der Waals surface area contributed by atoms with Gasteiger partial charge in [-0.1, -0.05) is 0 Å². The number of amides is 2. The Morgan fingerprint density at radius 2 is 1.26 bits per heavy atom. The first kappa shape index (κ1) is 17.6. The third-order valence-electron chi connectivity index (χ3n) is 3.88. The summed E-state index contributed by atoms with van der Waals surface area (Å²) in [6.45, 7) is 3.88. The number of aryl methyl sites for hydroxylation is 2. The Morgan fingerprint density at radius 1 is 0.815 bits per heavy atom. The minimum atomic E-state index is -0.371. The number of carbonyl (C=O) groups is 2. The molecule has 0 bridgehead atoms. The fraction of sp³-hybridized carbons (Fsp3) is 0.158. The van der Waals surface area contributed by atoms with Crippen molar-refractivity contribution in [1.29, 1.82) is 0 Å². The highest BCUT2D eigenvalue weighted by Gasteiger charge is 2.12. The molecule has 0 aliphatic heterocycles. The molecule has 136 valence electrons. The molecule has 0 saturated carbocycles. The number of thiazole rings is 2. The first-order valence-corrected chi connectivity index (χ1v) is 9.94. The first-order valence-electron chi connectivity index (χ1n) is 8.30. The molecular formula is C19H16N4O2S2. The number of anilines is 2. The van der Waals surface area contributed by atoms with Crippen molar-refractivity contribution in [3.63, 3.8) is 0 Å². The van der Waals surface area contributed by atoms with Gasteiger partial charge in [-0.2, -0.15) is 0 Å². The summed E-state index contributed by atoms with van der Waals surface area (Å²) in [7, 11) is 0. The molecule has 8 heteroatoms. The highest BCUT2D eigenvalue weighted by atomic mass is 32.1. The first-order chi connectivity index (χ1) is 13.0. The minimum Gasteiger partial charge on any atom is -0.326 e. The van der Waals surface area contributed by atoms with E-state index in [1.165, 1.54) is 0 Å². The van der Waals surface area contributed by atoms with Gasteiger partial charge in [-0.3, -0.25) is 9.59 Å². The van der Waals surface area contributed by atoms with Crippen LogP contribution in [-0.4, -0.2) is 21.8 Å². The number of nitrogens with one attached hydrogen (secondary N) is 2. The topological polar surface area (TPSA) is 84.0 Å². The van der Waals surface area contributed by atoms with Gasteiger partial charge in [-0.05, 0) is 50.2 Å². The summed E-state index contributed by atoms with van der Waals surface area (Å²) < 4.78 is 2.13. The number of hydrogen-bond donors (Lipinski definition) is 2. The fourth-order valence-corrected chi connectivity index (χ4v) is 4.41. The van der Waals surface area contributed by atoms with Gasteiger partial charge < -0.3 is 10.6 Å². The van der Waals surface area contributed by atoms with Crippen molar-refractivity contribution in [2.75, 3.05) is 10.6 Å². The highest BCUT2D eigenvalue weighted by Crippen LogP contribution is 2.25. The molecule has 0 fully saturated rings. The average Bonchev–Trinajstić information content (AvgIpc) is 3.14. The monoisotopic (exact) mass is 396 g/mol. The van der Waals surface area contributed by atoms with Crippen LogP contribution in [0.5, 0.6) is 0 Å². The van der Waals surface area contributed by atoms with Gasteiger partial charge in [0.1, 0.15) is 6.42 Å². The van der Waals surface area contributed by atoms with Gasteiger partial charge in [0.2, 0.25) is 11.8 Å². The summed E-state index contributed by atoms with van der Waals surface area (Å²) in [4.78, 5) is 33.2. The van der Waals surface area contributed by atoms with E-state index in [2.05, 4.69) is 20.6 Å². The van der Waals surface area contributed by atoms with E-state index in [-0.39, 0.29) is 18.2 Å². The van der Waals surface area contributed by atoms with Crippen molar-refractivity contribution < 1.29 is 9.59 Å². The number of carbonyl (C=O) groups excluding carboxylic acids is 2. The zero-order valence-corrected chi connectivity index (χ0v) is 16.3. The van der Waals surface area contributed by atoms with Crippen LogP contribution in [0.3, 0.4) is 0 Å². The van der Waals surface area contributed by atoms with Crippen molar-refractivity contribution in [1.82, 2.24) is 9.97 Å². The summed E-state index contributed by atoms with van der Waals surface area (Å²) in [6, 6.07) is 11.1. The number of nitrogens with zero attached hydrogens (tertiary/aromatic N) is 2. The van der Waals surface area contributed by atoms with Gasteiger partial charge in [0.25, 0.3) is 0 Å². The second-order valence-electron chi connectivity index (χ2n) is 6.10. The van der Waals surface area contributed by atoms with Crippen LogP contribution in [0.1, 0.15) is 16.4 Å². The Hall–Kier alpha value is -2.84. The van der Waals surface area contributed by atoms with E-state index in [4.69, 9.17) is 0 Å². The van der Waals surface area contributed by atoms with Gasteiger partial charge in [-0.15, -0.1) is 22.7 Å². The van der Waals surface area contributed by atoms with E-state index in [0.717, 1.165) is 30.4 Å². The smallest absolute Gasteiger partial charge is 0.233 e. The molecule has 0 unspecified atom stereocenters. The Morgan fingerprint density at radius 3 is 1.70 bits per heavy atom. The second kappa shape index (κ2) is 7.05. The quantitative estimate of drug-likeness (QED) is 0.498. The zero-order valence-electron chi connectivity index (χ0n) is 14.7. The second-order valence-corrected chi connectivity index (χ2v) is 8.57. The van der Waals surface area contributed by atoms with E-state index in [1.54, 1.807) is 22.7 Å². The SMILES string of the molecule is Cc1nc2cc(NC(=O)CC(=O)Nc3ccc4sc(C)nc4c3)ccc2s1. The maximum atomic E-state index is 12.2. The van der Waals surface area contributed by atoms with E-state index in [0.29, 0.717) is 11.4 Å². The molecule has 2 N–H and O–H groups in total. The minimum absolute atomic E-state index is 0.262. The molecule has 2 amide bonds. The van der Waals surface area contributed by atoms with Crippen molar-refractivity contribution in [3.8, 4) is 0 Å². The lowest BCUT2D eigenvalue weighted by Crippen LogP contribution is -2.21. The van der Waals surface area contributed by atoms with Gasteiger partial charge in [0.15, 0.2) is 0 Å². The maximum absolute atomic E-state index is 12.2. The van der Waals surface area contributed by atoms with Crippen LogP contribution in [-0.2, 0) is 9.59 Å². The van der Waals surface area contributed by atoms with Gasteiger partial charge in [0, 0.05) is 11.4 Å². The lowest BCUT2D eigenvalue weighted by molar-refractivity contribution is -0.123. The molecule has 2 heterocycles. The molecular weight excluding hydrogens is 380 g/mol. The third kappa shape index (κ3) is 3.96. The predicted molar refractivity (Wildman–Crippen MR) is 111 cm³/mol. The molecule has 6 nitrogen and oxygen atoms in total. The summed E-state index contributed by atoms with van der Waals surface area (Å²) in [5.74, 6) is -0.742. The van der Waals surface area contributed by atoms with Crippen LogP contribution < -0.4 is 10.6 Å². The van der Waals surface area contributed by atoms with Crippen LogP contribution in [0, 0.1) is 13.8 Å². The van der Waals surface area contributed by atoms with Crippen molar-refractivity contribution in [2.45, 2.75) is 20.3 Å². The summed E-state index contributed by atoms with van der Waals surface area (Å²) >= 11 is 3.20. The predicted octanol–water partition coefficient (Wildman–Crippen LogP) is 4.49. The van der Waals surface area contributed by atoms with E-state index in [1.807, 2.05) is 50.2 Å². The molecule has 0 aliphatic rings. The lowest BCUT2D eigenvalue weighted by atomic mass is 10.2. The molecule has 0 atom stereocenters. The molecule has 0 saturated heterocycles. The Bertz CT molecular complexity index is 1090. The highest BCUT2D eigenvalue weighted by molar-refractivity contribution is 7.18. The molecule has 4 rings (SSSR count). The van der Waals surface area contributed by atoms with Crippen LogP contribution in [0.25, 0.3) is 20.4 Å². The molecule has 2 aromatic carbocycles. The van der Waals surface area contributed by atoms with E-state index < -0.39 is 0 Å². The molecule has 4 aromatic rings. The molecule has 27 heavy (non-hydrogen) atoms. The molecule has 0 spiro atoms. The molecule has 0 radical (unpaired) electrons. The molecule has 2 aromatic heterocycles. The Balaban J connectivity index is 1.39. The summed E-state index contributed by atoms with van der Waals surface area (Å²) in [6.07, 6.45) is -0.262. The normalized spacial score (nSPS) is 11.0. The van der Waals surface area contributed by atoms with Crippen LogP contribution in [0.15, 0.2) is 36.4 Å². The van der Waals surface area contributed by atoms with Crippen molar-refractivity contribution in [2.24, 2.45) is 0 Å². The number of fused-ring (bicyclic) bond motifs is 2. The summed E-state index contributed by atoms with van der Waals surface area (Å²) in [5, 5.41) is 7.44. The number of benzene rings is 2. The van der Waals surface area contributed by atoms with Crippen LogP contribution >= 0.6 is 22.7 Å². The van der Waals surface area contributed by atoms with Gasteiger partial charge in [0.05, 0.1) is 30.4 Å². The van der Waals surface area contributed by atoms with Crippen LogP contribution in [0.2, 0.25) is 0 Å². The Kier molecular flexibility index (Phi) is 4.59. The number of aromatic nitrogens is 2. The van der Waals surface area contributed by atoms with Crippen molar-refractivity contribution in [3.05, 3.63) is 46.4 Å². The summed E-state index contributed by atoms with van der Waals surface area (Å²) in [5.41, 5.74) is 2.94. The van der Waals surface area contributed by atoms with Gasteiger partial charge >= 0.3 is 0 Å². The van der Waals surface area contributed by atoms with E-state index in [9.17, 15) is 9.59 Å². The maximum Gasteiger partial charge on any atom is 0.233 e. The molecule has 0 aliphatic carbocycles. The fourth-order valence-electron chi connectivity index (χ4n) is 2.80. The number of hydrogen-bond acceptors (Lipinski definition) is 6. The number of rotatable bonds is 4. The zero-order chi connectivity index (χ0) is 19.0. The Labute approximate surface area is 163 Å². The van der Waals surface area contributed by atoms with E-state index >= 15 is 0 Å². The average molecular weight is 396 g/mol.